The average Bonchev–Trinajstić information content (AvgIpc) is 3.50. The first kappa shape index (κ1) is 23.7. The number of carbonyl (C=O) groups excluding carboxylic acids is 2. The van der Waals surface area contributed by atoms with E-state index in [1.54, 1.807) is 71.6 Å². The monoisotopic (exact) mass is 515 g/mol. The molecule has 5 rings (SSSR count). The number of furan rings is 1. The second-order valence-electron chi connectivity index (χ2n) is 8.00. The van der Waals surface area contributed by atoms with Gasteiger partial charge in [-0.05, 0) is 66.2 Å². The molecule has 36 heavy (non-hydrogen) atoms. The van der Waals surface area contributed by atoms with E-state index in [9.17, 15) is 9.59 Å². The molecule has 1 aliphatic heterocycles. The van der Waals surface area contributed by atoms with Gasteiger partial charge in [0.15, 0.2) is 0 Å². The van der Waals surface area contributed by atoms with Gasteiger partial charge in [-0.25, -0.2) is 4.79 Å². The number of hydrogen-bond acceptors (Lipinski definition) is 4. The molecule has 0 radical (unpaired) electrons. The summed E-state index contributed by atoms with van der Waals surface area (Å²) in [6, 6.07) is 25.0. The van der Waals surface area contributed by atoms with E-state index in [4.69, 9.17) is 32.4 Å². The molecule has 1 aromatic heterocycles. The minimum atomic E-state index is -0.479. The number of amides is 1. The van der Waals surface area contributed by atoms with Gasteiger partial charge in [0.25, 0.3) is 5.91 Å². The lowest BCUT2D eigenvalue weighted by Crippen LogP contribution is -2.25. The first-order chi connectivity index (χ1) is 17.4. The van der Waals surface area contributed by atoms with E-state index in [0.717, 1.165) is 5.56 Å². The molecule has 0 spiro atoms. The van der Waals surface area contributed by atoms with Gasteiger partial charge in [-0.2, -0.15) is 0 Å². The van der Waals surface area contributed by atoms with E-state index in [0.29, 0.717) is 49.7 Å². The van der Waals surface area contributed by atoms with Gasteiger partial charge in [0.2, 0.25) is 0 Å². The first-order valence-electron chi connectivity index (χ1n) is 11.0. The van der Waals surface area contributed by atoms with Crippen molar-refractivity contribution in [3.05, 3.63) is 124 Å². The fraction of sp³-hybridized carbons (Fsp3) is 0.0345. The van der Waals surface area contributed by atoms with Gasteiger partial charge in [-0.1, -0.05) is 59.6 Å². The van der Waals surface area contributed by atoms with Crippen LogP contribution in [0.2, 0.25) is 10.0 Å². The predicted molar refractivity (Wildman–Crippen MR) is 142 cm³/mol. The lowest BCUT2D eigenvalue weighted by atomic mass is 10.1. The first-order valence-corrected chi connectivity index (χ1v) is 11.8. The van der Waals surface area contributed by atoms with Crippen molar-refractivity contribution in [3.8, 4) is 11.3 Å². The maximum atomic E-state index is 13.6. The Bertz CT molecular complexity index is 1540. The van der Waals surface area contributed by atoms with Gasteiger partial charge in [0, 0.05) is 16.2 Å². The molecule has 7 heteroatoms. The van der Waals surface area contributed by atoms with Crippen LogP contribution in [-0.2, 0) is 9.53 Å². The summed E-state index contributed by atoms with van der Waals surface area (Å²) in [6.07, 6.45) is 3.48. The van der Waals surface area contributed by atoms with Gasteiger partial charge in [-0.3, -0.25) is 9.69 Å². The highest BCUT2D eigenvalue weighted by atomic mass is 35.5. The zero-order valence-electron chi connectivity index (χ0n) is 19.1. The summed E-state index contributed by atoms with van der Waals surface area (Å²) in [4.78, 5) is 27.3. The molecule has 5 nitrogen and oxygen atoms in total. The summed E-state index contributed by atoms with van der Waals surface area (Å²) in [7, 11) is 1.32. The third-order valence-corrected chi connectivity index (χ3v) is 6.26. The maximum Gasteiger partial charge on any atom is 0.337 e. The fourth-order valence-electron chi connectivity index (χ4n) is 4.00. The number of methoxy groups -OCH3 is 1. The second-order valence-corrected chi connectivity index (χ2v) is 8.85. The molecule has 1 amide bonds. The van der Waals surface area contributed by atoms with Crippen molar-refractivity contribution in [2.75, 3.05) is 12.0 Å². The summed E-state index contributed by atoms with van der Waals surface area (Å²) in [5.41, 5.74) is 3.51. The molecule has 1 aliphatic rings. The Morgan fingerprint density at radius 3 is 2.53 bits per heavy atom. The molecule has 178 valence electrons. The molecule has 0 saturated heterocycles. The van der Waals surface area contributed by atoms with Crippen LogP contribution in [0.4, 0.5) is 5.69 Å². The molecule has 2 heterocycles. The van der Waals surface area contributed by atoms with Gasteiger partial charge < -0.3 is 9.15 Å². The van der Waals surface area contributed by atoms with Crippen molar-refractivity contribution in [1.82, 2.24) is 0 Å². The number of nitrogens with zero attached hydrogens (tertiary/aromatic N) is 1. The fourth-order valence-corrected chi connectivity index (χ4v) is 4.38. The van der Waals surface area contributed by atoms with Crippen molar-refractivity contribution < 1.29 is 18.7 Å². The molecular weight excluding hydrogens is 497 g/mol. The van der Waals surface area contributed by atoms with E-state index in [1.807, 2.05) is 30.3 Å². The normalized spacial score (nSPS) is 14.3. The lowest BCUT2D eigenvalue weighted by Gasteiger charge is -2.21. The zero-order valence-corrected chi connectivity index (χ0v) is 20.6. The number of esters is 1. The average molecular weight is 516 g/mol. The molecule has 3 aromatic carbocycles. The van der Waals surface area contributed by atoms with Crippen molar-refractivity contribution in [2.24, 2.45) is 0 Å². The Morgan fingerprint density at radius 1 is 0.944 bits per heavy atom. The van der Waals surface area contributed by atoms with E-state index in [-0.39, 0.29) is 5.91 Å². The largest absolute Gasteiger partial charge is 0.465 e. The Morgan fingerprint density at radius 2 is 1.75 bits per heavy atom. The van der Waals surface area contributed by atoms with Crippen LogP contribution >= 0.6 is 23.2 Å². The van der Waals surface area contributed by atoms with Crippen LogP contribution in [0.3, 0.4) is 0 Å². The molecular formula is C29H19Cl2NO4. The Labute approximate surface area is 217 Å². The van der Waals surface area contributed by atoms with Crippen LogP contribution in [0, 0.1) is 0 Å². The minimum Gasteiger partial charge on any atom is -0.465 e. The highest BCUT2D eigenvalue weighted by Crippen LogP contribution is 2.37. The third kappa shape index (κ3) is 4.59. The summed E-state index contributed by atoms with van der Waals surface area (Å²) in [5.74, 6) is 0.287. The van der Waals surface area contributed by atoms with Crippen LogP contribution in [-0.4, -0.2) is 19.0 Å². The number of hydrogen-bond donors (Lipinski definition) is 0. The van der Waals surface area contributed by atoms with E-state index in [1.165, 1.54) is 7.11 Å². The molecule has 0 unspecified atom stereocenters. The van der Waals surface area contributed by atoms with Crippen LogP contribution in [0.5, 0.6) is 0 Å². The second kappa shape index (κ2) is 9.90. The lowest BCUT2D eigenvalue weighted by molar-refractivity contribution is -0.113. The van der Waals surface area contributed by atoms with Gasteiger partial charge >= 0.3 is 5.97 Å². The molecule has 0 atom stereocenters. The zero-order chi connectivity index (χ0) is 25.2. The molecule has 0 bridgehead atoms. The molecule has 0 N–H and O–H groups in total. The maximum absolute atomic E-state index is 13.6. The van der Waals surface area contributed by atoms with Crippen LogP contribution in [0.1, 0.15) is 21.7 Å². The van der Waals surface area contributed by atoms with Crippen LogP contribution in [0.15, 0.2) is 101 Å². The Kier molecular flexibility index (Phi) is 6.51. The molecule has 0 saturated carbocycles. The highest BCUT2D eigenvalue weighted by molar-refractivity contribution is 6.35. The minimum absolute atomic E-state index is 0.255. The standard InChI is InChI=1S/C29H19Cl2NO4/c1-35-29(34)19-8-5-9-22(14-19)32-26(18-6-3-2-4-7-18)16-20(28(32)33)15-23-11-13-27(36-23)24-17-21(30)10-12-25(24)31/h2-17H,1H3. The van der Waals surface area contributed by atoms with Gasteiger partial charge in [0.05, 0.1) is 29.1 Å². The van der Waals surface area contributed by atoms with E-state index in [2.05, 4.69) is 0 Å². The Balaban J connectivity index is 1.56. The summed E-state index contributed by atoms with van der Waals surface area (Å²) < 4.78 is 10.8. The van der Waals surface area contributed by atoms with Crippen molar-refractivity contribution >= 4 is 52.5 Å². The number of halogens is 2. The number of anilines is 1. The number of carbonyl (C=O) groups is 2. The molecule has 0 aliphatic carbocycles. The number of benzene rings is 3. The van der Waals surface area contributed by atoms with E-state index >= 15 is 0 Å². The van der Waals surface area contributed by atoms with Crippen molar-refractivity contribution in [3.63, 3.8) is 0 Å². The number of ether oxygens (including phenoxy) is 1. The van der Waals surface area contributed by atoms with Gasteiger partial charge in [0.1, 0.15) is 11.5 Å². The van der Waals surface area contributed by atoms with E-state index < -0.39 is 5.97 Å². The van der Waals surface area contributed by atoms with Crippen molar-refractivity contribution in [2.45, 2.75) is 0 Å². The quantitative estimate of drug-likeness (QED) is 0.204. The SMILES string of the molecule is COC(=O)c1cccc(N2C(=O)C(=Cc3ccc(-c4cc(Cl)ccc4Cl)o3)C=C2c2ccccc2)c1. The van der Waals surface area contributed by atoms with Gasteiger partial charge in [-0.15, -0.1) is 0 Å². The number of rotatable bonds is 5. The topological polar surface area (TPSA) is 59.8 Å². The summed E-state index contributed by atoms with van der Waals surface area (Å²) in [5, 5.41) is 1.05. The highest BCUT2D eigenvalue weighted by Gasteiger charge is 2.31. The summed E-state index contributed by atoms with van der Waals surface area (Å²) in [6.45, 7) is 0. The Hall–Kier alpha value is -4.06. The predicted octanol–water partition coefficient (Wildman–Crippen LogP) is 7.51. The van der Waals surface area contributed by atoms with Crippen molar-refractivity contribution in [1.29, 1.82) is 0 Å². The third-order valence-electron chi connectivity index (χ3n) is 5.70. The molecule has 0 fully saturated rings. The van der Waals surface area contributed by atoms with Crippen LogP contribution in [0.25, 0.3) is 23.1 Å². The van der Waals surface area contributed by atoms with Crippen LogP contribution < -0.4 is 4.90 Å². The molecule has 4 aromatic rings. The smallest absolute Gasteiger partial charge is 0.337 e. The summed E-state index contributed by atoms with van der Waals surface area (Å²) >= 11 is 12.4.